The summed E-state index contributed by atoms with van der Waals surface area (Å²) in [6.45, 7) is 11.3. The van der Waals surface area contributed by atoms with Crippen LogP contribution < -0.4 is 16.0 Å². The number of rotatable bonds is 7. The summed E-state index contributed by atoms with van der Waals surface area (Å²) in [6, 6.07) is 0. The van der Waals surface area contributed by atoms with E-state index in [1.165, 1.54) is 38.8 Å². The molecule has 1 aliphatic heterocycles. The Morgan fingerprint density at radius 3 is 2.20 bits per heavy atom. The molecule has 0 bridgehead atoms. The van der Waals surface area contributed by atoms with Crippen LogP contribution in [0.2, 0.25) is 0 Å². The highest BCUT2D eigenvalue weighted by Gasteiger charge is 2.15. The van der Waals surface area contributed by atoms with Crippen molar-refractivity contribution in [1.29, 1.82) is 0 Å². The van der Waals surface area contributed by atoms with Gasteiger partial charge in [-0.3, -0.25) is 4.99 Å². The van der Waals surface area contributed by atoms with E-state index in [2.05, 4.69) is 25.8 Å². The van der Waals surface area contributed by atoms with Crippen LogP contribution in [-0.2, 0) is 4.74 Å². The zero-order chi connectivity index (χ0) is 18.5. The average molecular weight is 356 g/mol. The highest BCUT2D eigenvalue weighted by atomic mass is 16.6. The maximum absolute atomic E-state index is 11.5. The molecule has 0 spiro atoms. The predicted molar refractivity (Wildman–Crippen MR) is 103 cm³/mol. The molecule has 0 aromatic carbocycles. The van der Waals surface area contributed by atoms with E-state index in [1.807, 2.05) is 20.8 Å². The molecule has 7 nitrogen and oxygen atoms in total. The van der Waals surface area contributed by atoms with Crippen LogP contribution in [0.3, 0.4) is 0 Å². The Labute approximate surface area is 153 Å². The number of carbonyl (C=O) groups excluding carboxylic acids is 1. The van der Waals surface area contributed by atoms with Crippen molar-refractivity contribution in [2.75, 3.05) is 46.3 Å². The number of guanidine groups is 1. The molecule has 3 N–H and O–H groups in total. The number of amides is 1. The minimum absolute atomic E-state index is 0.368. The Morgan fingerprint density at radius 2 is 1.60 bits per heavy atom. The minimum atomic E-state index is -0.457. The molecule has 146 valence electrons. The van der Waals surface area contributed by atoms with Crippen LogP contribution in [0.25, 0.3) is 0 Å². The number of hydrogen-bond donors (Lipinski definition) is 3. The minimum Gasteiger partial charge on any atom is -0.444 e. The number of hydrogen-bond acceptors (Lipinski definition) is 4. The molecule has 1 saturated heterocycles. The zero-order valence-electron chi connectivity index (χ0n) is 16.5. The summed E-state index contributed by atoms with van der Waals surface area (Å²) in [5, 5.41) is 9.38. The normalized spacial score (nSPS) is 16.9. The largest absolute Gasteiger partial charge is 0.444 e. The van der Waals surface area contributed by atoms with Gasteiger partial charge >= 0.3 is 6.09 Å². The van der Waals surface area contributed by atoms with E-state index < -0.39 is 5.60 Å². The van der Waals surface area contributed by atoms with E-state index in [4.69, 9.17) is 4.74 Å². The van der Waals surface area contributed by atoms with Crippen LogP contribution in [0.15, 0.2) is 4.99 Å². The van der Waals surface area contributed by atoms with E-state index >= 15 is 0 Å². The number of likely N-dealkylation sites (tertiary alicyclic amines) is 1. The van der Waals surface area contributed by atoms with Crippen LogP contribution in [0.4, 0.5) is 4.79 Å². The van der Waals surface area contributed by atoms with Gasteiger partial charge < -0.3 is 25.6 Å². The topological polar surface area (TPSA) is 78.0 Å². The van der Waals surface area contributed by atoms with Gasteiger partial charge in [-0.05, 0) is 53.1 Å². The summed E-state index contributed by atoms with van der Waals surface area (Å²) in [5.41, 5.74) is -0.457. The first-order valence-corrected chi connectivity index (χ1v) is 9.54. The molecule has 0 saturated carbocycles. The van der Waals surface area contributed by atoms with E-state index in [9.17, 15) is 4.79 Å². The molecule has 1 heterocycles. The van der Waals surface area contributed by atoms with Crippen molar-refractivity contribution in [3.05, 3.63) is 0 Å². The van der Waals surface area contributed by atoms with Gasteiger partial charge in [-0.25, -0.2) is 4.79 Å². The molecular formula is C18H37N5O2. The first-order valence-electron chi connectivity index (χ1n) is 9.54. The maximum Gasteiger partial charge on any atom is 0.407 e. The molecule has 7 heteroatoms. The molecule has 25 heavy (non-hydrogen) atoms. The number of nitrogens with one attached hydrogen (secondary N) is 3. The van der Waals surface area contributed by atoms with Gasteiger partial charge in [0.1, 0.15) is 5.60 Å². The second-order valence-corrected chi connectivity index (χ2v) is 7.46. The number of ether oxygens (including phenoxy) is 1. The fourth-order valence-electron chi connectivity index (χ4n) is 2.71. The first-order chi connectivity index (χ1) is 11.9. The SMILES string of the molecule is CN=C(NCCCNC(=O)OC(C)(C)C)NCCN1CCCCCC1. The third-order valence-corrected chi connectivity index (χ3v) is 3.96. The van der Waals surface area contributed by atoms with Crippen molar-refractivity contribution >= 4 is 12.1 Å². The van der Waals surface area contributed by atoms with Gasteiger partial charge in [-0.15, -0.1) is 0 Å². The van der Waals surface area contributed by atoms with Gasteiger partial charge in [0.15, 0.2) is 5.96 Å². The number of alkyl carbamates (subject to hydrolysis) is 1. The van der Waals surface area contributed by atoms with Crippen molar-refractivity contribution in [1.82, 2.24) is 20.9 Å². The lowest BCUT2D eigenvalue weighted by Gasteiger charge is -2.21. The van der Waals surface area contributed by atoms with Crippen molar-refractivity contribution in [3.63, 3.8) is 0 Å². The molecule has 1 aliphatic rings. The molecule has 0 atom stereocenters. The van der Waals surface area contributed by atoms with E-state index in [1.54, 1.807) is 7.05 Å². The van der Waals surface area contributed by atoms with Crippen LogP contribution in [0.5, 0.6) is 0 Å². The molecule has 1 rings (SSSR count). The van der Waals surface area contributed by atoms with E-state index in [0.717, 1.165) is 32.0 Å². The van der Waals surface area contributed by atoms with Crippen LogP contribution in [0.1, 0.15) is 52.9 Å². The lowest BCUT2D eigenvalue weighted by molar-refractivity contribution is 0.0527. The van der Waals surface area contributed by atoms with Crippen LogP contribution in [0, 0.1) is 0 Å². The maximum atomic E-state index is 11.5. The summed E-state index contributed by atoms with van der Waals surface area (Å²) in [6.07, 6.45) is 5.81. The standard InChI is InChI=1S/C18H37N5O2/c1-18(2,3)25-17(24)22-11-9-10-20-16(19-4)21-12-15-23-13-7-5-6-8-14-23/h5-15H2,1-4H3,(H,22,24)(H2,19,20,21). The molecule has 0 unspecified atom stereocenters. The second-order valence-electron chi connectivity index (χ2n) is 7.46. The first kappa shape index (κ1) is 21.5. The average Bonchev–Trinajstić information content (AvgIpc) is 2.80. The summed E-state index contributed by atoms with van der Waals surface area (Å²) in [5.74, 6) is 0.812. The monoisotopic (exact) mass is 355 g/mol. The van der Waals surface area contributed by atoms with Gasteiger partial charge in [0.25, 0.3) is 0 Å². The van der Waals surface area contributed by atoms with E-state index in [0.29, 0.717) is 6.54 Å². The van der Waals surface area contributed by atoms with Gasteiger partial charge in [0.2, 0.25) is 0 Å². The second kappa shape index (κ2) is 12.0. The Hall–Kier alpha value is -1.50. The third-order valence-electron chi connectivity index (χ3n) is 3.96. The third kappa shape index (κ3) is 11.6. The number of aliphatic imine (C=N–C) groups is 1. The molecule has 0 aromatic heterocycles. The van der Waals surface area contributed by atoms with Gasteiger partial charge in [-0.2, -0.15) is 0 Å². The number of nitrogens with zero attached hydrogens (tertiary/aromatic N) is 2. The van der Waals surface area contributed by atoms with Crippen molar-refractivity contribution in [2.24, 2.45) is 4.99 Å². The molecule has 0 aliphatic carbocycles. The van der Waals surface area contributed by atoms with Crippen molar-refractivity contribution in [2.45, 2.75) is 58.5 Å². The highest BCUT2D eigenvalue weighted by molar-refractivity contribution is 5.79. The Kier molecular flexibility index (Phi) is 10.3. The Balaban J connectivity index is 2.07. The predicted octanol–water partition coefficient (Wildman–Crippen LogP) is 1.94. The quantitative estimate of drug-likeness (QED) is 0.370. The van der Waals surface area contributed by atoms with Crippen LogP contribution in [-0.4, -0.2) is 68.9 Å². The molecule has 1 fully saturated rings. The van der Waals surface area contributed by atoms with Gasteiger partial charge in [-0.1, -0.05) is 12.8 Å². The van der Waals surface area contributed by atoms with Crippen molar-refractivity contribution in [3.8, 4) is 0 Å². The fourth-order valence-corrected chi connectivity index (χ4v) is 2.71. The molecule has 0 radical (unpaired) electrons. The Morgan fingerprint density at radius 1 is 1.00 bits per heavy atom. The molecular weight excluding hydrogens is 318 g/mol. The van der Waals surface area contributed by atoms with E-state index in [-0.39, 0.29) is 6.09 Å². The van der Waals surface area contributed by atoms with Crippen molar-refractivity contribution < 1.29 is 9.53 Å². The lowest BCUT2D eigenvalue weighted by Crippen LogP contribution is -2.42. The molecule has 0 aromatic rings. The lowest BCUT2D eigenvalue weighted by atomic mass is 10.2. The molecule has 1 amide bonds. The summed E-state index contributed by atoms with van der Waals surface area (Å²) in [7, 11) is 1.78. The van der Waals surface area contributed by atoms with Gasteiger partial charge in [0.05, 0.1) is 0 Å². The van der Waals surface area contributed by atoms with Gasteiger partial charge in [0, 0.05) is 33.2 Å². The fraction of sp³-hybridized carbons (Fsp3) is 0.889. The summed E-state index contributed by atoms with van der Waals surface area (Å²) >= 11 is 0. The zero-order valence-corrected chi connectivity index (χ0v) is 16.5. The smallest absolute Gasteiger partial charge is 0.407 e. The Bertz CT molecular complexity index is 399. The van der Waals surface area contributed by atoms with Crippen LogP contribution >= 0.6 is 0 Å². The highest BCUT2D eigenvalue weighted by Crippen LogP contribution is 2.08. The summed E-state index contributed by atoms with van der Waals surface area (Å²) < 4.78 is 5.19. The number of carbonyl (C=O) groups is 1. The summed E-state index contributed by atoms with van der Waals surface area (Å²) in [4.78, 5) is 18.3.